The Balaban J connectivity index is 1.67. The van der Waals surface area contributed by atoms with Crippen LogP contribution in [0.2, 0.25) is 0 Å². The first kappa shape index (κ1) is 13.8. The van der Waals surface area contributed by atoms with Gasteiger partial charge in [0.2, 0.25) is 0 Å². The normalized spacial score (nSPS) is 15.3. The molecule has 0 saturated carbocycles. The van der Waals surface area contributed by atoms with Crippen LogP contribution in [0.4, 0.5) is 9.52 Å². The SMILES string of the molecule is O=C(c1ccc(O)cc1F)N1CCN(c2nccs2)CC1. The summed E-state index contributed by atoms with van der Waals surface area (Å²) in [6.45, 7) is 2.41. The third-order valence-electron chi connectivity index (χ3n) is 3.44. The Kier molecular flexibility index (Phi) is 3.74. The molecule has 0 radical (unpaired) electrons. The molecule has 21 heavy (non-hydrogen) atoms. The van der Waals surface area contributed by atoms with Gasteiger partial charge in [-0.25, -0.2) is 9.37 Å². The van der Waals surface area contributed by atoms with Crippen molar-refractivity contribution in [2.75, 3.05) is 31.1 Å². The van der Waals surface area contributed by atoms with Crippen LogP contribution in [-0.4, -0.2) is 47.1 Å². The number of aromatic hydroxyl groups is 1. The van der Waals surface area contributed by atoms with Crippen molar-refractivity contribution >= 4 is 22.4 Å². The Labute approximate surface area is 125 Å². The van der Waals surface area contributed by atoms with Gasteiger partial charge in [0.15, 0.2) is 5.13 Å². The highest BCUT2D eigenvalue weighted by Crippen LogP contribution is 2.21. The molecule has 0 spiro atoms. The van der Waals surface area contributed by atoms with E-state index in [2.05, 4.69) is 9.88 Å². The van der Waals surface area contributed by atoms with Crippen LogP contribution in [0.3, 0.4) is 0 Å². The van der Waals surface area contributed by atoms with Crippen LogP contribution < -0.4 is 4.90 Å². The number of benzene rings is 1. The Hall–Kier alpha value is -2.15. The summed E-state index contributed by atoms with van der Waals surface area (Å²) < 4.78 is 13.7. The van der Waals surface area contributed by atoms with Gasteiger partial charge in [-0.15, -0.1) is 11.3 Å². The van der Waals surface area contributed by atoms with Gasteiger partial charge >= 0.3 is 0 Å². The summed E-state index contributed by atoms with van der Waals surface area (Å²) in [5.74, 6) is -1.22. The fourth-order valence-corrected chi connectivity index (χ4v) is 3.02. The second-order valence-corrected chi connectivity index (χ2v) is 5.63. The third-order valence-corrected chi connectivity index (χ3v) is 4.27. The van der Waals surface area contributed by atoms with Gasteiger partial charge in [0.25, 0.3) is 5.91 Å². The first-order valence-electron chi connectivity index (χ1n) is 6.57. The van der Waals surface area contributed by atoms with Gasteiger partial charge < -0.3 is 14.9 Å². The molecule has 0 aliphatic carbocycles. The molecular weight excluding hydrogens is 293 g/mol. The molecule has 2 aromatic rings. The number of piperazine rings is 1. The maximum atomic E-state index is 13.7. The van der Waals surface area contributed by atoms with Gasteiger partial charge in [-0.3, -0.25) is 4.79 Å². The smallest absolute Gasteiger partial charge is 0.256 e. The topological polar surface area (TPSA) is 56.7 Å². The summed E-state index contributed by atoms with van der Waals surface area (Å²) in [4.78, 5) is 20.3. The molecule has 1 aliphatic rings. The highest BCUT2D eigenvalue weighted by molar-refractivity contribution is 7.13. The van der Waals surface area contributed by atoms with Gasteiger partial charge in [-0.1, -0.05) is 0 Å². The van der Waals surface area contributed by atoms with Crippen molar-refractivity contribution < 1.29 is 14.3 Å². The number of aromatic nitrogens is 1. The van der Waals surface area contributed by atoms with Gasteiger partial charge in [-0.05, 0) is 12.1 Å². The molecule has 110 valence electrons. The second kappa shape index (κ2) is 5.69. The first-order valence-corrected chi connectivity index (χ1v) is 7.45. The number of halogens is 1. The minimum atomic E-state index is -0.692. The molecule has 2 heterocycles. The first-order chi connectivity index (χ1) is 10.1. The molecule has 1 fully saturated rings. The second-order valence-electron chi connectivity index (χ2n) is 4.76. The van der Waals surface area contributed by atoms with Crippen molar-refractivity contribution in [1.29, 1.82) is 0 Å². The number of carbonyl (C=O) groups excluding carboxylic acids is 1. The van der Waals surface area contributed by atoms with Crippen LogP contribution in [0.25, 0.3) is 0 Å². The predicted molar refractivity (Wildman–Crippen MR) is 78.3 cm³/mol. The van der Waals surface area contributed by atoms with Gasteiger partial charge in [0, 0.05) is 43.8 Å². The molecular formula is C14H14FN3O2S. The molecule has 0 atom stereocenters. The summed E-state index contributed by atoms with van der Waals surface area (Å²) in [6, 6.07) is 3.60. The summed E-state index contributed by atoms with van der Waals surface area (Å²) >= 11 is 1.56. The Bertz CT molecular complexity index is 640. The van der Waals surface area contributed by atoms with Gasteiger partial charge in [0.1, 0.15) is 11.6 Å². The summed E-state index contributed by atoms with van der Waals surface area (Å²) in [6.07, 6.45) is 1.75. The zero-order valence-electron chi connectivity index (χ0n) is 11.2. The van der Waals surface area contributed by atoms with Crippen molar-refractivity contribution in [1.82, 2.24) is 9.88 Å². The lowest BCUT2D eigenvalue weighted by atomic mass is 10.1. The lowest BCUT2D eigenvalue weighted by Crippen LogP contribution is -2.49. The number of phenols is 1. The number of nitrogens with zero attached hydrogens (tertiary/aromatic N) is 3. The molecule has 1 aromatic carbocycles. The molecule has 1 aliphatic heterocycles. The highest BCUT2D eigenvalue weighted by Gasteiger charge is 2.25. The van der Waals surface area contributed by atoms with Crippen LogP contribution in [0, 0.1) is 5.82 Å². The van der Waals surface area contributed by atoms with Crippen LogP contribution in [0.1, 0.15) is 10.4 Å². The maximum Gasteiger partial charge on any atom is 0.256 e. The number of rotatable bonds is 2. The van der Waals surface area contributed by atoms with E-state index in [1.54, 1.807) is 22.4 Å². The molecule has 5 nitrogen and oxygen atoms in total. The number of hydrogen-bond acceptors (Lipinski definition) is 5. The Morgan fingerprint density at radius 3 is 2.67 bits per heavy atom. The third kappa shape index (κ3) is 2.82. The van der Waals surface area contributed by atoms with Gasteiger partial charge in [0.05, 0.1) is 5.56 Å². The molecule has 7 heteroatoms. The van der Waals surface area contributed by atoms with Crippen molar-refractivity contribution in [2.24, 2.45) is 0 Å². The molecule has 0 unspecified atom stereocenters. The maximum absolute atomic E-state index is 13.7. The largest absolute Gasteiger partial charge is 0.508 e. The van der Waals surface area contributed by atoms with E-state index in [1.807, 2.05) is 5.38 Å². The van der Waals surface area contributed by atoms with Crippen LogP contribution >= 0.6 is 11.3 Å². The van der Waals surface area contributed by atoms with E-state index < -0.39 is 5.82 Å². The minimum Gasteiger partial charge on any atom is -0.508 e. The molecule has 0 bridgehead atoms. The van der Waals surface area contributed by atoms with E-state index >= 15 is 0 Å². The van der Waals surface area contributed by atoms with Crippen LogP contribution in [0.5, 0.6) is 5.75 Å². The summed E-state index contributed by atoms with van der Waals surface area (Å²) in [5.41, 5.74) is -0.00417. The van der Waals surface area contributed by atoms with Crippen molar-refractivity contribution in [3.63, 3.8) is 0 Å². The van der Waals surface area contributed by atoms with Crippen LogP contribution in [-0.2, 0) is 0 Å². The van der Waals surface area contributed by atoms with E-state index in [-0.39, 0.29) is 17.2 Å². The lowest BCUT2D eigenvalue weighted by molar-refractivity contribution is 0.0742. The van der Waals surface area contributed by atoms with E-state index in [4.69, 9.17) is 0 Å². The minimum absolute atomic E-state index is 0.00417. The molecule has 1 aromatic heterocycles. The van der Waals surface area contributed by atoms with E-state index in [0.29, 0.717) is 26.2 Å². The molecule has 1 saturated heterocycles. The molecule has 1 amide bonds. The monoisotopic (exact) mass is 307 g/mol. The van der Waals surface area contributed by atoms with E-state index in [0.717, 1.165) is 11.2 Å². The quantitative estimate of drug-likeness (QED) is 0.921. The number of hydrogen-bond donors (Lipinski definition) is 1. The number of phenolic OH excluding ortho intramolecular Hbond substituents is 1. The number of thiazole rings is 1. The van der Waals surface area contributed by atoms with E-state index in [9.17, 15) is 14.3 Å². The summed E-state index contributed by atoms with van der Waals surface area (Å²) in [7, 11) is 0. The standard InChI is InChI=1S/C14H14FN3O2S/c15-12-9-10(19)1-2-11(12)13(20)17-4-6-18(7-5-17)14-16-3-8-21-14/h1-3,8-9,19H,4-7H2. The fourth-order valence-electron chi connectivity index (χ4n) is 2.32. The zero-order chi connectivity index (χ0) is 14.8. The fraction of sp³-hybridized carbons (Fsp3) is 0.286. The van der Waals surface area contributed by atoms with Crippen LogP contribution in [0.15, 0.2) is 29.8 Å². The highest BCUT2D eigenvalue weighted by atomic mass is 32.1. The molecule has 1 N–H and O–H groups in total. The summed E-state index contributed by atoms with van der Waals surface area (Å²) in [5, 5.41) is 12.1. The van der Waals surface area contributed by atoms with Crippen molar-refractivity contribution in [2.45, 2.75) is 0 Å². The Morgan fingerprint density at radius 1 is 1.29 bits per heavy atom. The Morgan fingerprint density at radius 2 is 2.05 bits per heavy atom. The van der Waals surface area contributed by atoms with Gasteiger partial charge in [-0.2, -0.15) is 0 Å². The number of amides is 1. The van der Waals surface area contributed by atoms with E-state index in [1.165, 1.54) is 12.1 Å². The van der Waals surface area contributed by atoms with Crippen molar-refractivity contribution in [3.8, 4) is 5.75 Å². The number of carbonyl (C=O) groups is 1. The number of anilines is 1. The van der Waals surface area contributed by atoms with Crippen molar-refractivity contribution in [3.05, 3.63) is 41.2 Å². The average molecular weight is 307 g/mol. The molecule has 3 rings (SSSR count). The zero-order valence-corrected chi connectivity index (χ0v) is 12.0. The predicted octanol–water partition coefficient (Wildman–Crippen LogP) is 1.95. The lowest BCUT2D eigenvalue weighted by Gasteiger charge is -2.34. The average Bonchev–Trinajstić information content (AvgIpc) is 3.01.